The van der Waals surface area contributed by atoms with E-state index in [0.717, 1.165) is 28.8 Å². The van der Waals surface area contributed by atoms with E-state index >= 15 is 0 Å². The van der Waals surface area contributed by atoms with Gasteiger partial charge in [-0.15, -0.1) is 11.3 Å². The Labute approximate surface area is 212 Å². The molecule has 3 aromatic rings. The number of anilines is 2. The normalized spacial score (nSPS) is 24.6. The summed E-state index contributed by atoms with van der Waals surface area (Å²) in [6.07, 6.45) is -1.65. The zero-order valence-electron chi connectivity index (χ0n) is 20.8. The summed E-state index contributed by atoms with van der Waals surface area (Å²) in [5.41, 5.74) is 3.18. The minimum Gasteiger partial charge on any atom is -0.390 e. The van der Waals surface area contributed by atoms with E-state index in [2.05, 4.69) is 46.4 Å². The lowest BCUT2D eigenvalue weighted by Crippen LogP contribution is -2.36. The molecule has 0 amide bonds. The van der Waals surface area contributed by atoms with Gasteiger partial charge in [0.25, 0.3) is 0 Å². The second-order valence-electron chi connectivity index (χ2n) is 11.1. The minimum absolute atomic E-state index is 0.0149. The van der Waals surface area contributed by atoms with E-state index in [0.29, 0.717) is 40.5 Å². The molecular formula is C25H32F2N6O2S. The molecule has 4 N–H and O–H groups in total. The van der Waals surface area contributed by atoms with Crippen LogP contribution in [0.5, 0.6) is 0 Å². The van der Waals surface area contributed by atoms with Gasteiger partial charge in [0.1, 0.15) is 22.4 Å². The Morgan fingerprint density at radius 1 is 1.14 bits per heavy atom. The monoisotopic (exact) mass is 518 g/mol. The Hall–Kier alpha value is -2.50. The van der Waals surface area contributed by atoms with Crippen LogP contribution < -0.4 is 10.6 Å². The number of hydrogen-bond donors (Lipinski definition) is 4. The first-order valence-corrected chi connectivity index (χ1v) is 13.1. The SMILES string of the molecule is Cc1nc(NCC(C)(C)C)nc(N[C@@H]2C[C@H](C(F)F)[C@@H](O)[C@H]2O)c1-c1nc2c(C3CC3)nccc2s1. The number of rotatable bonds is 7. The van der Waals surface area contributed by atoms with Crippen LogP contribution in [-0.4, -0.2) is 61.4 Å². The zero-order chi connectivity index (χ0) is 25.8. The topological polar surface area (TPSA) is 116 Å². The molecule has 5 rings (SSSR count). The number of aliphatic hydroxyl groups excluding tert-OH is 2. The van der Waals surface area contributed by atoms with Crippen LogP contribution in [0.3, 0.4) is 0 Å². The van der Waals surface area contributed by atoms with Gasteiger partial charge in [0.2, 0.25) is 12.4 Å². The number of hydrogen-bond acceptors (Lipinski definition) is 9. The van der Waals surface area contributed by atoms with Crippen LogP contribution in [0.4, 0.5) is 20.5 Å². The fraction of sp³-hybridized carbons (Fsp3) is 0.600. The average Bonchev–Trinajstić information content (AvgIpc) is 3.50. The molecule has 0 aliphatic heterocycles. The van der Waals surface area contributed by atoms with E-state index < -0.39 is 30.6 Å². The number of aromatic nitrogens is 4. The molecule has 11 heteroatoms. The van der Waals surface area contributed by atoms with Gasteiger partial charge in [-0.25, -0.2) is 18.7 Å². The standard InChI is InChI=1S/C25H32F2N6O2S/c1-11-16(23-32-18-15(36-23)7-8-28-17(18)12-5-6-12)22(33-24(30-11)29-10-25(2,3)4)31-14-9-13(21(26)27)19(34)20(14)35/h7-8,12-14,19-21,34-35H,5-6,9-10H2,1-4H3,(H2,29,30,31,33)/t13-,14+,19+,20-/m0/s1. The molecule has 2 saturated carbocycles. The van der Waals surface area contributed by atoms with Crippen molar-refractivity contribution in [3.05, 3.63) is 23.7 Å². The van der Waals surface area contributed by atoms with Crippen molar-refractivity contribution >= 4 is 33.3 Å². The molecule has 3 heterocycles. The summed E-state index contributed by atoms with van der Waals surface area (Å²) in [4.78, 5) is 18.8. The Kier molecular flexibility index (Phi) is 6.59. The van der Waals surface area contributed by atoms with Crippen LogP contribution in [0.15, 0.2) is 12.3 Å². The number of aryl methyl sites for hydroxylation is 1. The van der Waals surface area contributed by atoms with Crippen LogP contribution in [0.2, 0.25) is 0 Å². The molecule has 4 atom stereocenters. The molecular weight excluding hydrogens is 486 g/mol. The molecule has 2 aliphatic carbocycles. The largest absolute Gasteiger partial charge is 0.390 e. The summed E-state index contributed by atoms with van der Waals surface area (Å²) < 4.78 is 27.9. The fourth-order valence-corrected chi connectivity index (χ4v) is 5.70. The zero-order valence-corrected chi connectivity index (χ0v) is 21.6. The van der Waals surface area contributed by atoms with Gasteiger partial charge in [-0.05, 0) is 37.7 Å². The Bertz CT molecular complexity index is 1260. The molecule has 0 spiro atoms. The molecule has 0 radical (unpaired) electrons. The first-order chi connectivity index (χ1) is 17.0. The predicted molar refractivity (Wildman–Crippen MR) is 137 cm³/mol. The van der Waals surface area contributed by atoms with Gasteiger partial charge in [0, 0.05) is 18.7 Å². The lowest BCUT2D eigenvalue weighted by molar-refractivity contribution is -0.0333. The van der Waals surface area contributed by atoms with Crippen LogP contribution in [0, 0.1) is 18.3 Å². The van der Waals surface area contributed by atoms with E-state index in [-0.39, 0.29) is 11.8 Å². The summed E-state index contributed by atoms with van der Waals surface area (Å²) in [6, 6.07) is 1.15. The lowest BCUT2D eigenvalue weighted by Gasteiger charge is -2.22. The van der Waals surface area contributed by atoms with Gasteiger partial charge in [-0.3, -0.25) is 4.98 Å². The Balaban J connectivity index is 1.55. The highest BCUT2D eigenvalue weighted by atomic mass is 32.1. The molecule has 2 fully saturated rings. The molecule has 0 aromatic carbocycles. The molecule has 36 heavy (non-hydrogen) atoms. The van der Waals surface area contributed by atoms with Gasteiger partial charge in [0.15, 0.2) is 0 Å². The van der Waals surface area contributed by atoms with Crippen molar-refractivity contribution < 1.29 is 19.0 Å². The summed E-state index contributed by atoms with van der Waals surface area (Å²) in [7, 11) is 0. The van der Waals surface area contributed by atoms with Gasteiger partial charge in [-0.1, -0.05) is 20.8 Å². The van der Waals surface area contributed by atoms with E-state index in [4.69, 9.17) is 4.98 Å². The number of nitrogens with zero attached hydrogens (tertiary/aromatic N) is 4. The molecule has 194 valence electrons. The van der Waals surface area contributed by atoms with Crippen molar-refractivity contribution in [2.75, 3.05) is 17.2 Å². The lowest BCUT2D eigenvalue weighted by atomic mass is 9.97. The average molecular weight is 519 g/mol. The predicted octanol–water partition coefficient (Wildman–Crippen LogP) is 4.58. The van der Waals surface area contributed by atoms with Gasteiger partial charge < -0.3 is 20.8 Å². The molecule has 0 bridgehead atoms. The maximum Gasteiger partial charge on any atom is 0.244 e. The first kappa shape index (κ1) is 25.2. The van der Waals surface area contributed by atoms with Crippen LogP contribution in [-0.2, 0) is 0 Å². The first-order valence-electron chi connectivity index (χ1n) is 12.3. The minimum atomic E-state index is -2.73. The second kappa shape index (κ2) is 9.42. The van der Waals surface area contributed by atoms with Gasteiger partial charge >= 0.3 is 0 Å². The molecule has 8 nitrogen and oxygen atoms in total. The smallest absolute Gasteiger partial charge is 0.244 e. The van der Waals surface area contributed by atoms with E-state index in [1.807, 2.05) is 13.0 Å². The fourth-order valence-electron chi connectivity index (χ4n) is 4.63. The molecule has 2 aliphatic rings. The number of nitrogens with one attached hydrogen (secondary N) is 2. The highest BCUT2D eigenvalue weighted by Crippen LogP contribution is 2.44. The molecule has 3 aromatic heterocycles. The Morgan fingerprint density at radius 3 is 2.53 bits per heavy atom. The number of aliphatic hydroxyl groups is 2. The highest BCUT2D eigenvalue weighted by Gasteiger charge is 2.46. The third kappa shape index (κ3) is 5.01. The number of thiazole rings is 1. The van der Waals surface area contributed by atoms with Crippen molar-refractivity contribution in [2.24, 2.45) is 11.3 Å². The van der Waals surface area contributed by atoms with Crippen molar-refractivity contribution in [1.29, 1.82) is 0 Å². The van der Waals surface area contributed by atoms with Gasteiger partial charge in [0.05, 0.1) is 39.7 Å². The van der Waals surface area contributed by atoms with Crippen LogP contribution in [0.25, 0.3) is 20.8 Å². The number of halogens is 2. The van der Waals surface area contributed by atoms with Crippen LogP contribution in [0.1, 0.15) is 57.3 Å². The summed E-state index contributed by atoms with van der Waals surface area (Å²) >= 11 is 1.50. The maximum absolute atomic E-state index is 13.4. The quantitative estimate of drug-likeness (QED) is 0.359. The highest BCUT2D eigenvalue weighted by molar-refractivity contribution is 7.21. The Morgan fingerprint density at radius 2 is 1.89 bits per heavy atom. The summed E-state index contributed by atoms with van der Waals surface area (Å²) in [5, 5.41) is 27.8. The maximum atomic E-state index is 13.4. The third-order valence-corrected chi connectivity index (χ3v) is 7.79. The van der Waals surface area contributed by atoms with Crippen molar-refractivity contribution in [3.8, 4) is 10.6 Å². The van der Waals surface area contributed by atoms with E-state index in [1.54, 1.807) is 6.20 Å². The van der Waals surface area contributed by atoms with Gasteiger partial charge in [-0.2, -0.15) is 4.98 Å². The van der Waals surface area contributed by atoms with Crippen molar-refractivity contribution in [1.82, 2.24) is 19.9 Å². The summed E-state index contributed by atoms with van der Waals surface area (Å²) in [5.74, 6) is -0.0837. The molecule has 0 unspecified atom stereocenters. The van der Waals surface area contributed by atoms with E-state index in [9.17, 15) is 19.0 Å². The number of pyridine rings is 1. The number of fused-ring (bicyclic) bond motifs is 1. The van der Waals surface area contributed by atoms with Crippen molar-refractivity contribution in [2.45, 2.75) is 77.6 Å². The third-order valence-electron chi connectivity index (χ3n) is 6.75. The summed E-state index contributed by atoms with van der Waals surface area (Å²) in [6.45, 7) is 8.76. The molecule has 0 saturated heterocycles. The van der Waals surface area contributed by atoms with E-state index in [1.165, 1.54) is 11.3 Å². The van der Waals surface area contributed by atoms with Crippen LogP contribution >= 0.6 is 11.3 Å². The van der Waals surface area contributed by atoms with Crippen molar-refractivity contribution in [3.63, 3.8) is 0 Å². The number of alkyl halides is 2. The second-order valence-corrected chi connectivity index (χ2v) is 12.1.